The molecule has 0 amide bonds. The molecule has 52 valence electrons. The van der Waals surface area contributed by atoms with Crippen molar-refractivity contribution in [2.24, 2.45) is 0 Å². The van der Waals surface area contributed by atoms with E-state index in [-0.39, 0.29) is 21.0 Å². The van der Waals surface area contributed by atoms with Gasteiger partial charge in [-0.1, -0.05) is 0 Å². The SMILES string of the molecule is CCN1C=CN(C)I=C1. The van der Waals surface area contributed by atoms with E-state index in [4.69, 9.17) is 0 Å². The van der Waals surface area contributed by atoms with E-state index in [0.717, 1.165) is 6.54 Å². The van der Waals surface area contributed by atoms with Crippen LogP contribution in [0.4, 0.5) is 0 Å². The van der Waals surface area contributed by atoms with Crippen LogP contribution in [0.1, 0.15) is 6.92 Å². The average Bonchev–Trinajstić information content (AvgIpc) is 1.90. The Morgan fingerprint density at radius 2 is 2.22 bits per heavy atom. The standard InChI is InChI=1S/C6H11IN2/c1-3-9-5-4-8(2)7-6-9/h4-6H,3H2,1-2H3. The molecule has 0 aliphatic carbocycles. The van der Waals surface area contributed by atoms with Crippen LogP contribution in [-0.4, -0.2) is 25.7 Å². The summed E-state index contributed by atoms with van der Waals surface area (Å²) in [7, 11) is 2.12. The van der Waals surface area contributed by atoms with Crippen LogP contribution in [0, 0.1) is 0 Å². The number of hydrogen-bond acceptors (Lipinski definition) is 2. The van der Waals surface area contributed by atoms with Crippen molar-refractivity contribution in [3.63, 3.8) is 0 Å². The van der Waals surface area contributed by atoms with Crippen molar-refractivity contribution in [2.75, 3.05) is 13.6 Å². The van der Waals surface area contributed by atoms with Crippen LogP contribution in [-0.2, 0) is 0 Å². The van der Waals surface area contributed by atoms with Gasteiger partial charge in [-0.05, 0) is 6.92 Å². The Kier molecular flexibility index (Phi) is 2.50. The summed E-state index contributed by atoms with van der Waals surface area (Å²) in [5.41, 5.74) is 0. The second-order valence-electron chi connectivity index (χ2n) is 1.85. The molecule has 0 N–H and O–H groups in total. The molecule has 1 aliphatic rings. The lowest BCUT2D eigenvalue weighted by atomic mass is 10.6. The maximum Gasteiger partial charge on any atom is 0.0535 e. The van der Waals surface area contributed by atoms with Gasteiger partial charge in [0.25, 0.3) is 0 Å². The number of nitrogens with zero attached hydrogens (tertiary/aromatic N) is 2. The Balaban J connectivity index is 2.48. The second kappa shape index (κ2) is 3.20. The molecule has 0 radical (unpaired) electrons. The highest BCUT2D eigenvalue weighted by Gasteiger charge is 1.95. The van der Waals surface area contributed by atoms with Crippen LogP contribution in [0.5, 0.6) is 0 Å². The lowest BCUT2D eigenvalue weighted by Crippen LogP contribution is -2.17. The van der Waals surface area contributed by atoms with Gasteiger partial charge in [0.15, 0.2) is 0 Å². The number of rotatable bonds is 1. The third kappa shape index (κ3) is 1.97. The third-order valence-corrected chi connectivity index (χ3v) is 3.32. The van der Waals surface area contributed by atoms with Gasteiger partial charge in [0.2, 0.25) is 0 Å². The molecule has 1 rings (SSSR count). The summed E-state index contributed by atoms with van der Waals surface area (Å²) >= 11 is 0.153. The highest BCUT2D eigenvalue weighted by atomic mass is 127. The van der Waals surface area contributed by atoms with E-state index < -0.39 is 0 Å². The minimum absolute atomic E-state index is 0.153. The van der Waals surface area contributed by atoms with Gasteiger partial charge in [-0.3, -0.25) is 0 Å². The first-order valence-electron chi connectivity index (χ1n) is 2.97. The predicted octanol–water partition coefficient (Wildman–Crippen LogP) is 1.37. The molecular weight excluding hydrogens is 227 g/mol. The van der Waals surface area contributed by atoms with Crippen LogP contribution in [0.2, 0.25) is 0 Å². The maximum atomic E-state index is 2.29. The quantitative estimate of drug-likeness (QED) is 0.503. The first kappa shape index (κ1) is 7.05. The Morgan fingerprint density at radius 1 is 1.44 bits per heavy atom. The average molecular weight is 238 g/mol. The van der Waals surface area contributed by atoms with Gasteiger partial charge in [0.05, 0.1) is 4.14 Å². The van der Waals surface area contributed by atoms with Gasteiger partial charge < -0.3 is 8.01 Å². The molecule has 0 atom stereocenters. The van der Waals surface area contributed by atoms with Crippen molar-refractivity contribution < 1.29 is 0 Å². The Morgan fingerprint density at radius 3 is 2.67 bits per heavy atom. The first-order valence-corrected chi connectivity index (χ1v) is 5.18. The van der Waals surface area contributed by atoms with Crippen molar-refractivity contribution in [2.45, 2.75) is 6.92 Å². The number of halogens is 1. The molecule has 1 heterocycles. The molecular formula is C6H11IN2. The van der Waals surface area contributed by atoms with E-state index in [9.17, 15) is 0 Å². The van der Waals surface area contributed by atoms with Crippen molar-refractivity contribution in [1.29, 1.82) is 0 Å². The van der Waals surface area contributed by atoms with Gasteiger partial charge in [-0.25, -0.2) is 0 Å². The van der Waals surface area contributed by atoms with Gasteiger partial charge in [-0.2, -0.15) is 0 Å². The normalized spacial score (nSPS) is 18.0. The molecule has 1 aliphatic heterocycles. The molecule has 0 saturated carbocycles. The molecule has 0 aromatic heterocycles. The van der Waals surface area contributed by atoms with E-state index in [1.165, 1.54) is 0 Å². The van der Waals surface area contributed by atoms with Crippen molar-refractivity contribution in [3.05, 3.63) is 12.4 Å². The van der Waals surface area contributed by atoms with E-state index in [1.807, 2.05) is 0 Å². The Hall–Kier alpha value is -0.0600. The van der Waals surface area contributed by atoms with Crippen LogP contribution in [0.15, 0.2) is 12.4 Å². The zero-order chi connectivity index (χ0) is 6.69. The van der Waals surface area contributed by atoms with E-state index in [1.54, 1.807) is 0 Å². The maximum absolute atomic E-state index is 2.29. The van der Waals surface area contributed by atoms with E-state index in [2.05, 4.69) is 38.5 Å². The van der Waals surface area contributed by atoms with Crippen molar-refractivity contribution in [1.82, 2.24) is 8.01 Å². The third-order valence-electron chi connectivity index (χ3n) is 1.15. The van der Waals surface area contributed by atoms with Crippen LogP contribution < -0.4 is 0 Å². The summed E-state index contributed by atoms with van der Waals surface area (Å²) in [4.78, 5) is 2.23. The first-order chi connectivity index (χ1) is 4.33. The summed E-state index contributed by atoms with van der Waals surface area (Å²) < 4.78 is 4.55. The summed E-state index contributed by atoms with van der Waals surface area (Å²) in [6, 6.07) is 0. The van der Waals surface area contributed by atoms with Gasteiger partial charge in [-0.15, -0.1) is 0 Å². The largest absolute Gasteiger partial charge is 0.347 e. The fraction of sp³-hybridized carbons (Fsp3) is 0.500. The molecule has 9 heavy (non-hydrogen) atoms. The van der Waals surface area contributed by atoms with E-state index in [0.29, 0.717) is 0 Å². The molecule has 0 aromatic rings. The highest BCUT2D eigenvalue weighted by molar-refractivity contribution is 14.2. The summed E-state index contributed by atoms with van der Waals surface area (Å²) in [5.74, 6) is 0. The van der Waals surface area contributed by atoms with Crippen LogP contribution >= 0.6 is 21.0 Å². The summed E-state index contributed by atoms with van der Waals surface area (Å²) in [6.07, 6.45) is 4.25. The Bertz CT molecular complexity index is 128. The molecule has 3 heteroatoms. The van der Waals surface area contributed by atoms with Crippen LogP contribution in [0.25, 0.3) is 0 Å². The lowest BCUT2D eigenvalue weighted by molar-refractivity contribution is 0.601. The fourth-order valence-corrected chi connectivity index (χ4v) is 2.16. The molecule has 0 spiro atoms. The van der Waals surface area contributed by atoms with Gasteiger partial charge in [0, 0.05) is 47.0 Å². The second-order valence-corrected chi connectivity index (χ2v) is 4.48. The predicted molar refractivity (Wildman–Crippen MR) is 49.4 cm³/mol. The summed E-state index contributed by atoms with van der Waals surface area (Å²) in [6.45, 7) is 3.26. The lowest BCUT2D eigenvalue weighted by Gasteiger charge is -2.18. The zero-order valence-corrected chi connectivity index (χ0v) is 7.87. The molecule has 0 bridgehead atoms. The van der Waals surface area contributed by atoms with Gasteiger partial charge >= 0.3 is 0 Å². The van der Waals surface area contributed by atoms with Crippen molar-refractivity contribution >= 4 is 25.1 Å². The molecule has 0 fully saturated rings. The molecule has 0 aromatic carbocycles. The minimum atomic E-state index is 0.153. The molecule has 2 nitrogen and oxygen atoms in total. The fourth-order valence-electron chi connectivity index (χ4n) is 0.542. The van der Waals surface area contributed by atoms with Crippen LogP contribution in [0.3, 0.4) is 0 Å². The zero-order valence-electron chi connectivity index (χ0n) is 5.71. The smallest absolute Gasteiger partial charge is 0.0535 e. The topological polar surface area (TPSA) is 6.48 Å². The van der Waals surface area contributed by atoms with Gasteiger partial charge in [0.1, 0.15) is 0 Å². The minimum Gasteiger partial charge on any atom is -0.347 e. The van der Waals surface area contributed by atoms with Crippen molar-refractivity contribution in [3.8, 4) is 0 Å². The number of hydrogen-bond donors (Lipinski definition) is 0. The van der Waals surface area contributed by atoms with E-state index >= 15 is 0 Å². The molecule has 0 saturated heterocycles. The highest BCUT2D eigenvalue weighted by Crippen LogP contribution is 2.09. The summed E-state index contributed by atoms with van der Waals surface area (Å²) in [5, 5.41) is 0. The monoisotopic (exact) mass is 238 g/mol. The molecule has 0 unspecified atom stereocenters. The Labute approximate surface area is 66.2 Å².